The lowest BCUT2D eigenvalue weighted by Gasteiger charge is -2.18. The third kappa shape index (κ3) is 1.47. The molecule has 0 aromatic heterocycles. The van der Waals surface area contributed by atoms with Crippen LogP contribution in [0.15, 0.2) is 30.4 Å². The SMILES string of the molecule is O=C1[C@@H]2[C@@H](C(=O)N1c1ccc(Cl)cc1Cl)[C@H]1C=C[C@@H]2O1. The molecule has 3 aliphatic heterocycles. The van der Waals surface area contributed by atoms with Gasteiger partial charge in [0.05, 0.1) is 34.8 Å². The molecule has 2 saturated heterocycles. The minimum Gasteiger partial charge on any atom is -0.365 e. The van der Waals surface area contributed by atoms with Crippen LogP contribution in [0.3, 0.4) is 0 Å². The fourth-order valence-electron chi connectivity index (χ4n) is 3.20. The number of hydrogen-bond donors (Lipinski definition) is 0. The Kier molecular flexibility index (Phi) is 2.52. The lowest BCUT2D eigenvalue weighted by atomic mass is 9.85. The molecule has 1 aromatic carbocycles. The molecule has 3 aliphatic rings. The normalized spacial score (nSPS) is 34.2. The molecule has 0 aliphatic carbocycles. The number of hydrogen-bond acceptors (Lipinski definition) is 3. The molecule has 102 valence electrons. The summed E-state index contributed by atoms with van der Waals surface area (Å²) in [5.74, 6) is -1.35. The molecule has 0 spiro atoms. The summed E-state index contributed by atoms with van der Waals surface area (Å²) in [5.41, 5.74) is 0.389. The van der Waals surface area contributed by atoms with Crippen molar-refractivity contribution in [3.8, 4) is 0 Å². The van der Waals surface area contributed by atoms with Crippen LogP contribution in [-0.4, -0.2) is 24.0 Å². The number of carbonyl (C=O) groups excluding carboxylic acids is 2. The van der Waals surface area contributed by atoms with Gasteiger partial charge in [-0.2, -0.15) is 0 Å². The minimum absolute atomic E-state index is 0.249. The topological polar surface area (TPSA) is 46.6 Å². The monoisotopic (exact) mass is 309 g/mol. The Hall–Kier alpha value is -1.36. The highest BCUT2D eigenvalue weighted by molar-refractivity contribution is 6.38. The van der Waals surface area contributed by atoms with Crippen molar-refractivity contribution in [2.24, 2.45) is 11.8 Å². The molecule has 2 bridgehead atoms. The Morgan fingerprint density at radius 1 is 1.00 bits per heavy atom. The van der Waals surface area contributed by atoms with E-state index in [-0.39, 0.29) is 24.0 Å². The number of amides is 2. The van der Waals surface area contributed by atoms with Crippen molar-refractivity contribution in [1.29, 1.82) is 0 Å². The molecule has 20 heavy (non-hydrogen) atoms. The van der Waals surface area contributed by atoms with Gasteiger partial charge in [-0.15, -0.1) is 0 Å². The molecule has 4 nitrogen and oxygen atoms in total. The average Bonchev–Trinajstić information content (AvgIpc) is 3.06. The first kappa shape index (κ1) is 12.4. The van der Waals surface area contributed by atoms with Crippen LogP contribution in [0.25, 0.3) is 0 Å². The van der Waals surface area contributed by atoms with Crippen molar-refractivity contribution in [3.63, 3.8) is 0 Å². The lowest BCUT2D eigenvalue weighted by Crippen LogP contribution is -2.34. The van der Waals surface area contributed by atoms with Crippen molar-refractivity contribution in [2.45, 2.75) is 12.2 Å². The van der Waals surface area contributed by atoms with Crippen LogP contribution in [-0.2, 0) is 14.3 Å². The van der Waals surface area contributed by atoms with E-state index in [1.165, 1.54) is 11.0 Å². The van der Waals surface area contributed by atoms with Crippen molar-refractivity contribution in [1.82, 2.24) is 0 Å². The highest BCUT2D eigenvalue weighted by Gasteiger charge is 2.61. The molecule has 3 heterocycles. The summed E-state index contributed by atoms with van der Waals surface area (Å²) >= 11 is 12.0. The zero-order valence-electron chi connectivity index (χ0n) is 10.1. The number of halogens is 2. The number of ether oxygens (including phenoxy) is 1. The third-order valence-electron chi connectivity index (χ3n) is 4.06. The molecule has 6 heteroatoms. The molecular formula is C14H9Cl2NO3. The maximum absolute atomic E-state index is 12.5. The van der Waals surface area contributed by atoms with Crippen molar-refractivity contribution >= 4 is 40.7 Å². The zero-order chi connectivity index (χ0) is 14.0. The van der Waals surface area contributed by atoms with Gasteiger partial charge in [0, 0.05) is 5.02 Å². The van der Waals surface area contributed by atoms with Gasteiger partial charge in [0.15, 0.2) is 0 Å². The van der Waals surface area contributed by atoms with Crippen LogP contribution in [0.2, 0.25) is 10.0 Å². The predicted molar refractivity (Wildman–Crippen MR) is 73.7 cm³/mol. The summed E-state index contributed by atoms with van der Waals surface area (Å²) < 4.78 is 5.58. The van der Waals surface area contributed by atoms with E-state index in [0.717, 1.165) is 0 Å². The number of benzene rings is 1. The van der Waals surface area contributed by atoms with E-state index in [9.17, 15) is 9.59 Å². The van der Waals surface area contributed by atoms with Crippen molar-refractivity contribution in [3.05, 3.63) is 40.4 Å². The number of nitrogens with zero attached hydrogens (tertiary/aromatic N) is 1. The van der Waals surface area contributed by atoms with Crippen LogP contribution in [0.1, 0.15) is 0 Å². The van der Waals surface area contributed by atoms with Crippen LogP contribution in [0.4, 0.5) is 5.69 Å². The standard InChI is InChI=1S/C14H9Cl2NO3/c15-6-1-2-8(7(16)5-6)17-13(18)11-9-3-4-10(20-9)12(11)14(17)19/h1-5,9-12H/t9-,10+,11-,12-/m0/s1. The highest BCUT2D eigenvalue weighted by Crippen LogP contribution is 2.47. The summed E-state index contributed by atoms with van der Waals surface area (Å²) in [4.78, 5) is 26.2. The second-order valence-corrected chi connectivity index (χ2v) is 5.95. The molecule has 4 rings (SSSR count). The molecule has 0 N–H and O–H groups in total. The number of imide groups is 1. The maximum Gasteiger partial charge on any atom is 0.240 e. The van der Waals surface area contributed by atoms with Gasteiger partial charge >= 0.3 is 0 Å². The van der Waals surface area contributed by atoms with Gasteiger partial charge < -0.3 is 4.74 Å². The lowest BCUT2D eigenvalue weighted by molar-refractivity contribution is -0.124. The fraction of sp³-hybridized carbons (Fsp3) is 0.286. The van der Waals surface area contributed by atoms with Gasteiger partial charge in [0.2, 0.25) is 11.8 Å². The fourth-order valence-corrected chi connectivity index (χ4v) is 3.70. The Balaban J connectivity index is 1.78. The van der Waals surface area contributed by atoms with Gasteiger partial charge in [-0.1, -0.05) is 35.4 Å². The Morgan fingerprint density at radius 2 is 1.60 bits per heavy atom. The third-order valence-corrected chi connectivity index (χ3v) is 4.60. The second-order valence-electron chi connectivity index (χ2n) is 5.11. The Bertz CT molecular complexity index is 642. The first-order valence-electron chi connectivity index (χ1n) is 6.24. The van der Waals surface area contributed by atoms with E-state index >= 15 is 0 Å². The van der Waals surface area contributed by atoms with E-state index in [2.05, 4.69) is 0 Å². The molecule has 1 aromatic rings. The van der Waals surface area contributed by atoms with Crippen molar-refractivity contribution < 1.29 is 14.3 Å². The smallest absolute Gasteiger partial charge is 0.240 e. The molecule has 2 fully saturated rings. The van der Waals surface area contributed by atoms with Crippen LogP contribution in [0, 0.1) is 11.8 Å². The van der Waals surface area contributed by atoms with Gasteiger partial charge in [0.1, 0.15) is 0 Å². The largest absolute Gasteiger partial charge is 0.365 e. The summed E-state index contributed by atoms with van der Waals surface area (Å²) in [6, 6.07) is 4.73. The molecular weight excluding hydrogens is 301 g/mol. The number of fused-ring (bicyclic) bond motifs is 5. The Morgan fingerprint density at radius 3 is 2.15 bits per heavy atom. The molecule has 0 radical (unpaired) electrons. The number of rotatable bonds is 1. The van der Waals surface area contributed by atoms with E-state index in [1.807, 2.05) is 12.2 Å². The van der Waals surface area contributed by atoms with Crippen molar-refractivity contribution in [2.75, 3.05) is 4.90 Å². The summed E-state index contributed by atoms with van der Waals surface area (Å²) in [6.07, 6.45) is 3.11. The van der Waals surface area contributed by atoms with E-state index in [4.69, 9.17) is 27.9 Å². The van der Waals surface area contributed by atoms with Gasteiger partial charge in [-0.3, -0.25) is 9.59 Å². The number of carbonyl (C=O) groups is 2. The zero-order valence-corrected chi connectivity index (χ0v) is 11.6. The summed E-state index contributed by atoms with van der Waals surface area (Å²) in [7, 11) is 0. The van der Waals surface area contributed by atoms with Gasteiger partial charge in [-0.05, 0) is 18.2 Å². The first-order chi connectivity index (χ1) is 9.58. The second kappa shape index (κ2) is 4.07. The van der Waals surface area contributed by atoms with E-state index < -0.39 is 11.8 Å². The van der Waals surface area contributed by atoms with Crippen LogP contribution in [0.5, 0.6) is 0 Å². The van der Waals surface area contributed by atoms with Crippen LogP contribution >= 0.6 is 23.2 Å². The molecule has 0 unspecified atom stereocenters. The summed E-state index contributed by atoms with van der Waals surface area (Å²) in [6.45, 7) is 0. The quantitative estimate of drug-likeness (QED) is 0.591. The van der Waals surface area contributed by atoms with Gasteiger partial charge in [0.25, 0.3) is 0 Å². The minimum atomic E-state index is -0.427. The van der Waals surface area contributed by atoms with E-state index in [0.29, 0.717) is 15.7 Å². The van der Waals surface area contributed by atoms with Crippen LogP contribution < -0.4 is 4.90 Å². The maximum atomic E-state index is 12.5. The predicted octanol–water partition coefficient (Wildman–Crippen LogP) is 2.44. The molecule has 4 atom stereocenters. The highest BCUT2D eigenvalue weighted by atomic mass is 35.5. The first-order valence-corrected chi connectivity index (χ1v) is 7.00. The average molecular weight is 310 g/mol. The molecule has 2 amide bonds. The molecule has 0 saturated carbocycles. The van der Waals surface area contributed by atoms with Gasteiger partial charge in [-0.25, -0.2) is 4.90 Å². The number of anilines is 1. The van der Waals surface area contributed by atoms with E-state index in [1.54, 1.807) is 12.1 Å². The Labute approximate surface area is 124 Å². The summed E-state index contributed by atoms with van der Waals surface area (Å²) in [5, 5.41) is 0.753.